The molecule has 1 aliphatic carbocycles. The highest BCUT2D eigenvalue weighted by atomic mass is 19.1. The topological polar surface area (TPSA) is 63.7 Å². The molecule has 0 unspecified atom stereocenters. The lowest BCUT2D eigenvalue weighted by atomic mass is 10.2. The van der Waals surface area contributed by atoms with Crippen molar-refractivity contribution in [3.63, 3.8) is 0 Å². The average molecular weight is 288 g/mol. The zero-order valence-electron chi connectivity index (χ0n) is 10.8. The summed E-state index contributed by atoms with van der Waals surface area (Å²) < 4.78 is 31.6. The molecule has 4 rings (SSSR count). The van der Waals surface area contributed by atoms with Crippen LogP contribution in [0.2, 0.25) is 0 Å². The Morgan fingerprint density at radius 3 is 2.86 bits per heavy atom. The Morgan fingerprint density at radius 1 is 1.24 bits per heavy atom. The highest BCUT2D eigenvalue weighted by Crippen LogP contribution is 2.41. The Kier molecular flexibility index (Phi) is 2.60. The summed E-state index contributed by atoms with van der Waals surface area (Å²) in [6, 6.07) is 3.02. The van der Waals surface area contributed by atoms with Crippen LogP contribution in [0, 0.1) is 11.6 Å². The Balaban J connectivity index is 1.67. The SMILES string of the molecule is Fc1ccc(Oc2ncc3c(C4CC4)[nH]nc3n2)c(F)c1. The fourth-order valence-corrected chi connectivity index (χ4v) is 2.19. The van der Waals surface area contributed by atoms with Gasteiger partial charge in [-0.2, -0.15) is 10.1 Å². The van der Waals surface area contributed by atoms with E-state index < -0.39 is 11.6 Å². The zero-order valence-corrected chi connectivity index (χ0v) is 10.8. The van der Waals surface area contributed by atoms with Gasteiger partial charge in [-0.15, -0.1) is 0 Å². The van der Waals surface area contributed by atoms with Crippen LogP contribution in [0.1, 0.15) is 24.5 Å². The van der Waals surface area contributed by atoms with Gasteiger partial charge in [0.2, 0.25) is 0 Å². The van der Waals surface area contributed by atoms with Gasteiger partial charge < -0.3 is 4.74 Å². The molecule has 0 radical (unpaired) electrons. The van der Waals surface area contributed by atoms with Crippen LogP contribution >= 0.6 is 0 Å². The second-order valence-electron chi connectivity index (χ2n) is 4.98. The molecular formula is C14H10F2N4O. The lowest BCUT2D eigenvalue weighted by Crippen LogP contribution is -1.94. The third kappa shape index (κ3) is 2.20. The van der Waals surface area contributed by atoms with Gasteiger partial charge in [-0.05, 0) is 25.0 Å². The molecule has 2 heterocycles. The standard InChI is InChI=1S/C14H10F2N4O/c15-8-3-4-11(10(16)5-8)21-14-17-6-9-12(7-1-2-7)19-20-13(9)18-14/h3-7H,1-2H2,(H,17,18,19,20). The Labute approximate surface area is 118 Å². The number of hydrogen-bond donors (Lipinski definition) is 1. The monoisotopic (exact) mass is 288 g/mol. The smallest absolute Gasteiger partial charge is 0.324 e. The van der Waals surface area contributed by atoms with E-state index >= 15 is 0 Å². The van der Waals surface area contributed by atoms with Gasteiger partial charge in [-0.1, -0.05) is 0 Å². The van der Waals surface area contributed by atoms with Gasteiger partial charge in [-0.25, -0.2) is 13.8 Å². The molecule has 0 amide bonds. The van der Waals surface area contributed by atoms with Crippen molar-refractivity contribution in [2.75, 3.05) is 0 Å². The number of benzene rings is 1. The van der Waals surface area contributed by atoms with Crippen molar-refractivity contribution in [1.29, 1.82) is 0 Å². The van der Waals surface area contributed by atoms with E-state index in [4.69, 9.17) is 4.74 Å². The van der Waals surface area contributed by atoms with E-state index in [9.17, 15) is 8.78 Å². The van der Waals surface area contributed by atoms with E-state index in [1.165, 1.54) is 6.07 Å². The molecule has 106 valence electrons. The Morgan fingerprint density at radius 2 is 2.10 bits per heavy atom. The van der Waals surface area contributed by atoms with Crippen molar-refractivity contribution in [2.24, 2.45) is 0 Å². The number of hydrogen-bond acceptors (Lipinski definition) is 4. The lowest BCUT2D eigenvalue weighted by molar-refractivity contribution is 0.409. The van der Waals surface area contributed by atoms with E-state index in [0.717, 1.165) is 36.1 Å². The van der Waals surface area contributed by atoms with Crippen molar-refractivity contribution in [2.45, 2.75) is 18.8 Å². The summed E-state index contributed by atoms with van der Waals surface area (Å²) in [6.45, 7) is 0. The van der Waals surface area contributed by atoms with E-state index in [2.05, 4.69) is 20.2 Å². The van der Waals surface area contributed by atoms with E-state index in [0.29, 0.717) is 11.6 Å². The molecule has 1 fully saturated rings. The fraction of sp³-hybridized carbons (Fsp3) is 0.214. The maximum atomic E-state index is 13.5. The molecule has 0 spiro atoms. The molecule has 0 atom stereocenters. The maximum Gasteiger partial charge on any atom is 0.324 e. The van der Waals surface area contributed by atoms with Crippen LogP contribution in [0.3, 0.4) is 0 Å². The lowest BCUT2D eigenvalue weighted by Gasteiger charge is -2.04. The first kappa shape index (κ1) is 12.2. The maximum absolute atomic E-state index is 13.5. The van der Waals surface area contributed by atoms with Crippen LogP contribution < -0.4 is 4.74 Å². The number of aromatic nitrogens is 4. The number of nitrogens with zero attached hydrogens (tertiary/aromatic N) is 3. The number of nitrogens with one attached hydrogen (secondary N) is 1. The number of ether oxygens (including phenoxy) is 1. The van der Waals surface area contributed by atoms with Crippen molar-refractivity contribution >= 4 is 11.0 Å². The molecule has 0 saturated heterocycles. The Hall–Kier alpha value is -2.57. The molecule has 0 aliphatic heterocycles. The molecule has 3 aromatic rings. The number of rotatable bonds is 3. The summed E-state index contributed by atoms with van der Waals surface area (Å²) in [5.41, 5.74) is 1.51. The molecular weight excluding hydrogens is 278 g/mol. The first-order chi connectivity index (χ1) is 10.2. The molecule has 1 aromatic carbocycles. The van der Waals surface area contributed by atoms with Crippen LogP contribution in [0.5, 0.6) is 11.8 Å². The van der Waals surface area contributed by atoms with Crippen LogP contribution in [-0.2, 0) is 0 Å². The van der Waals surface area contributed by atoms with Gasteiger partial charge in [0.1, 0.15) is 5.82 Å². The third-order valence-corrected chi connectivity index (χ3v) is 3.40. The molecule has 7 heteroatoms. The minimum absolute atomic E-state index is 0.0261. The minimum Gasteiger partial charge on any atom is -0.421 e. The van der Waals surface area contributed by atoms with Crippen LogP contribution in [0.4, 0.5) is 8.78 Å². The van der Waals surface area contributed by atoms with Gasteiger partial charge >= 0.3 is 6.01 Å². The zero-order chi connectivity index (χ0) is 14.4. The fourth-order valence-electron chi connectivity index (χ4n) is 2.19. The first-order valence-corrected chi connectivity index (χ1v) is 6.54. The summed E-state index contributed by atoms with van der Waals surface area (Å²) in [6.07, 6.45) is 3.88. The van der Waals surface area contributed by atoms with Crippen molar-refractivity contribution < 1.29 is 13.5 Å². The summed E-state index contributed by atoms with van der Waals surface area (Å²) >= 11 is 0. The molecule has 1 saturated carbocycles. The van der Waals surface area contributed by atoms with Gasteiger partial charge in [0.05, 0.1) is 5.39 Å². The first-order valence-electron chi connectivity index (χ1n) is 6.54. The number of aromatic amines is 1. The predicted octanol–water partition coefficient (Wildman–Crippen LogP) is 3.30. The van der Waals surface area contributed by atoms with E-state index in [1.807, 2.05) is 0 Å². The van der Waals surface area contributed by atoms with Crippen LogP contribution in [0.25, 0.3) is 11.0 Å². The third-order valence-electron chi connectivity index (χ3n) is 3.40. The van der Waals surface area contributed by atoms with Gasteiger partial charge in [0, 0.05) is 23.9 Å². The molecule has 1 aliphatic rings. The van der Waals surface area contributed by atoms with Crippen molar-refractivity contribution in [1.82, 2.24) is 20.2 Å². The summed E-state index contributed by atoms with van der Waals surface area (Å²) in [5, 5.41) is 7.91. The normalized spacial score (nSPS) is 14.6. The number of halogens is 2. The van der Waals surface area contributed by atoms with Gasteiger partial charge in [0.25, 0.3) is 0 Å². The predicted molar refractivity (Wildman–Crippen MR) is 70.1 cm³/mol. The molecule has 1 N–H and O–H groups in total. The highest BCUT2D eigenvalue weighted by molar-refractivity contribution is 5.77. The number of H-pyrrole nitrogens is 1. The molecule has 5 nitrogen and oxygen atoms in total. The van der Waals surface area contributed by atoms with E-state index in [-0.39, 0.29) is 11.8 Å². The number of fused-ring (bicyclic) bond motifs is 1. The average Bonchev–Trinajstić information content (AvgIpc) is 3.22. The second-order valence-corrected chi connectivity index (χ2v) is 4.98. The molecule has 2 aromatic heterocycles. The second kappa shape index (κ2) is 4.47. The molecule has 21 heavy (non-hydrogen) atoms. The minimum atomic E-state index is -0.806. The summed E-state index contributed by atoms with van der Waals surface area (Å²) in [4.78, 5) is 8.18. The van der Waals surface area contributed by atoms with Gasteiger partial charge in [-0.3, -0.25) is 5.10 Å². The van der Waals surface area contributed by atoms with Gasteiger partial charge in [0.15, 0.2) is 17.2 Å². The summed E-state index contributed by atoms with van der Waals surface area (Å²) in [5.74, 6) is -1.11. The van der Waals surface area contributed by atoms with Crippen molar-refractivity contribution in [3.8, 4) is 11.8 Å². The van der Waals surface area contributed by atoms with Crippen LogP contribution in [-0.4, -0.2) is 20.2 Å². The van der Waals surface area contributed by atoms with Crippen LogP contribution in [0.15, 0.2) is 24.4 Å². The Bertz CT molecular complexity index is 829. The molecule has 0 bridgehead atoms. The largest absolute Gasteiger partial charge is 0.421 e. The van der Waals surface area contributed by atoms with Crippen molar-refractivity contribution in [3.05, 3.63) is 41.7 Å². The highest BCUT2D eigenvalue weighted by Gasteiger charge is 2.28. The quantitative estimate of drug-likeness (QED) is 0.803. The van der Waals surface area contributed by atoms with E-state index in [1.54, 1.807) is 6.20 Å². The summed E-state index contributed by atoms with van der Waals surface area (Å²) in [7, 11) is 0.